The zero-order chi connectivity index (χ0) is 21.4. The van der Waals surface area contributed by atoms with Gasteiger partial charge in [-0.25, -0.2) is 0 Å². The zero-order valence-corrected chi connectivity index (χ0v) is 17.2. The molecule has 0 bridgehead atoms. The van der Waals surface area contributed by atoms with E-state index in [1.807, 2.05) is 18.2 Å². The number of fused-ring (bicyclic) bond motifs is 3. The van der Waals surface area contributed by atoms with Crippen LogP contribution in [0.1, 0.15) is 27.2 Å². The van der Waals surface area contributed by atoms with Gasteiger partial charge in [0.2, 0.25) is 5.78 Å². The molecule has 1 aromatic heterocycles. The number of furan rings is 1. The third-order valence-corrected chi connectivity index (χ3v) is 5.37. The van der Waals surface area contributed by atoms with Crippen LogP contribution in [-0.2, 0) is 13.1 Å². The fourth-order valence-electron chi connectivity index (χ4n) is 3.82. The number of Topliss-reactive ketones (excluding diaryl/α,β-unsaturated/α-hetero) is 1. The van der Waals surface area contributed by atoms with E-state index in [9.17, 15) is 4.79 Å². The number of carbonyl (C=O) groups excluding carboxylic acids is 1. The summed E-state index contributed by atoms with van der Waals surface area (Å²) in [6, 6.07) is 12.8. The summed E-state index contributed by atoms with van der Waals surface area (Å²) < 4.78 is 28.1. The molecule has 3 heterocycles. The minimum absolute atomic E-state index is 0.175. The van der Waals surface area contributed by atoms with Crippen molar-refractivity contribution in [1.29, 1.82) is 0 Å². The van der Waals surface area contributed by atoms with Crippen molar-refractivity contribution >= 4 is 11.9 Å². The van der Waals surface area contributed by atoms with Crippen molar-refractivity contribution in [3.63, 3.8) is 0 Å². The average Bonchev–Trinajstić information content (AvgIpc) is 3.42. The van der Waals surface area contributed by atoms with Crippen LogP contribution in [0.4, 0.5) is 0 Å². The normalized spacial score (nSPS) is 16.5. The number of benzene rings is 2. The van der Waals surface area contributed by atoms with E-state index in [2.05, 4.69) is 4.90 Å². The molecule has 3 aromatic rings. The van der Waals surface area contributed by atoms with Crippen LogP contribution in [0.2, 0.25) is 0 Å². The molecule has 0 spiro atoms. The lowest BCUT2D eigenvalue weighted by Crippen LogP contribution is -2.31. The van der Waals surface area contributed by atoms with Crippen molar-refractivity contribution in [2.75, 3.05) is 21.0 Å². The third-order valence-electron chi connectivity index (χ3n) is 5.37. The van der Waals surface area contributed by atoms with Gasteiger partial charge in [-0.3, -0.25) is 9.69 Å². The maximum Gasteiger partial charge on any atom is 0.231 e. The molecule has 2 aliphatic heterocycles. The molecule has 2 aliphatic rings. The van der Waals surface area contributed by atoms with Crippen molar-refractivity contribution in [2.45, 2.75) is 13.1 Å². The molecule has 0 fully saturated rings. The smallest absolute Gasteiger partial charge is 0.231 e. The lowest BCUT2D eigenvalue weighted by atomic mass is 10.0. The first-order valence-electron chi connectivity index (χ1n) is 9.86. The van der Waals surface area contributed by atoms with Crippen molar-refractivity contribution in [1.82, 2.24) is 4.90 Å². The monoisotopic (exact) mass is 419 g/mol. The Labute approximate surface area is 179 Å². The molecule has 7 nitrogen and oxygen atoms in total. The second kappa shape index (κ2) is 7.85. The van der Waals surface area contributed by atoms with Crippen LogP contribution in [0.25, 0.3) is 6.08 Å². The van der Waals surface area contributed by atoms with E-state index in [1.54, 1.807) is 50.8 Å². The Morgan fingerprint density at radius 2 is 2.03 bits per heavy atom. The molecule has 0 amide bonds. The van der Waals surface area contributed by atoms with Crippen LogP contribution >= 0.6 is 0 Å². The van der Waals surface area contributed by atoms with E-state index in [0.29, 0.717) is 48.2 Å². The molecule has 0 unspecified atom stereocenters. The van der Waals surface area contributed by atoms with E-state index >= 15 is 0 Å². The number of allylic oxidation sites excluding steroid dienone is 1. The van der Waals surface area contributed by atoms with Crippen LogP contribution < -0.4 is 18.9 Å². The second-order valence-electron chi connectivity index (χ2n) is 7.31. The maximum atomic E-state index is 13.0. The zero-order valence-electron chi connectivity index (χ0n) is 17.2. The molecule has 0 saturated carbocycles. The Morgan fingerprint density at radius 1 is 1.13 bits per heavy atom. The van der Waals surface area contributed by atoms with Gasteiger partial charge in [-0.2, -0.15) is 0 Å². The maximum absolute atomic E-state index is 13.0. The largest absolute Gasteiger partial charge is 0.497 e. The molecular formula is C24H21NO6. The van der Waals surface area contributed by atoms with Gasteiger partial charge in [-0.15, -0.1) is 0 Å². The van der Waals surface area contributed by atoms with Crippen molar-refractivity contribution in [3.05, 3.63) is 76.9 Å². The highest BCUT2D eigenvalue weighted by Crippen LogP contribution is 2.42. The van der Waals surface area contributed by atoms with Crippen LogP contribution in [-0.4, -0.2) is 31.6 Å². The molecule has 5 rings (SSSR count). The molecule has 0 atom stereocenters. The Balaban J connectivity index is 1.46. The van der Waals surface area contributed by atoms with E-state index in [-0.39, 0.29) is 11.5 Å². The van der Waals surface area contributed by atoms with Crippen LogP contribution in [0.15, 0.2) is 58.9 Å². The van der Waals surface area contributed by atoms with E-state index in [0.717, 1.165) is 17.1 Å². The minimum atomic E-state index is -0.175. The summed E-state index contributed by atoms with van der Waals surface area (Å²) in [5.41, 5.74) is 2.07. The van der Waals surface area contributed by atoms with E-state index < -0.39 is 0 Å². The third kappa shape index (κ3) is 3.53. The van der Waals surface area contributed by atoms with Gasteiger partial charge in [-0.1, -0.05) is 0 Å². The van der Waals surface area contributed by atoms with Crippen molar-refractivity contribution < 1.29 is 28.2 Å². The number of hydrogen-bond acceptors (Lipinski definition) is 7. The predicted octanol–water partition coefficient (Wildman–Crippen LogP) is 4.27. The first-order valence-corrected chi connectivity index (χ1v) is 9.86. The van der Waals surface area contributed by atoms with Gasteiger partial charge < -0.3 is 23.4 Å². The number of rotatable bonds is 5. The Bertz CT molecular complexity index is 1170. The first kappa shape index (κ1) is 19.3. The van der Waals surface area contributed by atoms with Gasteiger partial charge in [0, 0.05) is 12.1 Å². The SMILES string of the molecule is COc1ccc(OC)c(C=C2Oc3c(ccc4c3CN(Cc3ccco3)CO4)C2=O)c1. The minimum Gasteiger partial charge on any atom is -0.497 e. The van der Waals surface area contributed by atoms with Gasteiger partial charge in [-0.05, 0) is 48.5 Å². The molecule has 158 valence electrons. The highest BCUT2D eigenvalue weighted by molar-refractivity contribution is 6.15. The number of ketones is 1. The molecule has 2 aromatic carbocycles. The summed E-state index contributed by atoms with van der Waals surface area (Å²) in [5.74, 6) is 3.46. The summed E-state index contributed by atoms with van der Waals surface area (Å²) in [6.45, 7) is 1.63. The van der Waals surface area contributed by atoms with Crippen molar-refractivity contribution in [2.24, 2.45) is 0 Å². The quantitative estimate of drug-likeness (QED) is 0.572. The Kier molecular flexibility index (Phi) is 4.88. The molecule has 0 N–H and O–H groups in total. The summed E-state index contributed by atoms with van der Waals surface area (Å²) in [6.07, 6.45) is 3.33. The summed E-state index contributed by atoms with van der Waals surface area (Å²) >= 11 is 0. The number of nitrogens with zero attached hydrogens (tertiary/aromatic N) is 1. The van der Waals surface area contributed by atoms with E-state index in [1.165, 1.54) is 0 Å². The predicted molar refractivity (Wildman–Crippen MR) is 112 cm³/mol. The number of methoxy groups -OCH3 is 2. The van der Waals surface area contributed by atoms with Gasteiger partial charge in [0.1, 0.15) is 35.5 Å². The van der Waals surface area contributed by atoms with Crippen molar-refractivity contribution in [3.8, 4) is 23.0 Å². The van der Waals surface area contributed by atoms with Gasteiger partial charge in [0.15, 0.2) is 5.76 Å². The average molecular weight is 419 g/mol. The van der Waals surface area contributed by atoms with Crippen LogP contribution in [0, 0.1) is 0 Å². The lowest BCUT2D eigenvalue weighted by molar-refractivity contribution is 0.0810. The van der Waals surface area contributed by atoms with Gasteiger partial charge >= 0.3 is 0 Å². The fraction of sp³-hybridized carbons (Fsp3) is 0.208. The Morgan fingerprint density at radius 3 is 2.81 bits per heavy atom. The Hall–Kier alpha value is -3.71. The molecule has 0 saturated heterocycles. The summed E-state index contributed by atoms with van der Waals surface area (Å²) in [4.78, 5) is 15.1. The fourth-order valence-corrected chi connectivity index (χ4v) is 3.82. The summed E-state index contributed by atoms with van der Waals surface area (Å²) in [5, 5.41) is 0. The number of carbonyl (C=O) groups is 1. The second-order valence-corrected chi connectivity index (χ2v) is 7.31. The van der Waals surface area contributed by atoms with Crippen LogP contribution in [0.3, 0.4) is 0 Å². The summed E-state index contributed by atoms with van der Waals surface area (Å²) in [7, 11) is 3.17. The molecule has 0 aliphatic carbocycles. The topological polar surface area (TPSA) is 70.4 Å². The molecule has 0 radical (unpaired) electrons. The van der Waals surface area contributed by atoms with Gasteiger partial charge in [0.25, 0.3) is 0 Å². The number of ether oxygens (including phenoxy) is 4. The highest BCUT2D eigenvalue weighted by atomic mass is 16.5. The standard InChI is InChI=1S/C24H21NO6/c1-27-16-5-7-20(28-2)15(10-16)11-22-23(26)18-6-8-21-19(24(18)31-22)13-25(14-30-21)12-17-4-3-9-29-17/h3-11H,12-14H2,1-2H3. The van der Waals surface area contributed by atoms with E-state index in [4.69, 9.17) is 23.4 Å². The number of hydrogen-bond donors (Lipinski definition) is 0. The highest BCUT2D eigenvalue weighted by Gasteiger charge is 2.34. The molecule has 7 heteroatoms. The first-order chi connectivity index (χ1) is 15.2. The van der Waals surface area contributed by atoms with Gasteiger partial charge in [0.05, 0.1) is 38.2 Å². The van der Waals surface area contributed by atoms with Crippen LogP contribution in [0.5, 0.6) is 23.0 Å². The molecule has 31 heavy (non-hydrogen) atoms. The lowest BCUT2D eigenvalue weighted by Gasteiger charge is -2.29. The molecular weight excluding hydrogens is 398 g/mol.